The van der Waals surface area contributed by atoms with E-state index in [9.17, 15) is 4.79 Å². The van der Waals surface area contributed by atoms with Crippen LogP contribution in [0.4, 0.5) is 5.13 Å². The Morgan fingerprint density at radius 1 is 1.58 bits per heavy atom. The predicted molar refractivity (Wildman–Crippen MR) is 71.3 cm³/mol. The molecule has 0 aliphatic carbocycles. The van der Waals surface area contributed by atoms with Gasteiger partial charge < -0.3 is 14.9 Å². The Morgan fingerprint density at radius 3 is 2.89 bits per heavy atom. The van der Waals surface area contributed by atoms with Gasteiger partial charge in [-0.1, -0.05) is 5.16 Å². The summed E-state index contributed by atoms with van der Waals surface area (Å²) in [6, 6.07) is 1.84. The van der Waals surface area contributed by atoms with E-state index in [1.807, 2.05) is 13.0 Å². The van der Waals surface area contributed by atoms with Gasteiger partial charge in [0.25, 0.3) is 0 Å². The summed E-state index contributed by atoms with van der Waals surface area (Å²) in [5.74, 6) is -0.179. The second kappa shape index (κ2) is 5.00. The fraction of sp³-hybridized carbons (Fsp3) is 0.417. The molecule has 0 bridgehead atoms. The molecule has 2 rings (SSSR count). The Labute approximate surface area is 114 Å². The zero-order valence-corrected chi connectivity index (χ0v) is 11.7. The van der Waals surface area contributed by atoms with Gasteiger partial charge in [-0.25, -0.2) is 4.98 Å². The van der Waals surface area contributed by atoms with Crippen molar-refractivity contribution in [3.05, 3.63) is 28.6 Å². The van der Waals surface area contributed by atoms with Crippen LogP contribution >= 0.6 is 11.3 Å². The van der Waals surface area contributed by atoms with E-state index in [1.54, 1.807) is 19.2 Å². The number of nitrogens with one attached hydrogen (secondary N) is 1. The monoisotopic (exact) mass is 281 g/mol. The zero-order valence-electron chi connectivity index (χ0n) is 10.9. The van der Waals surface area contributed by atoms with Crippen LogP contribution in [0, 0.1) is 6.92 Å². The summed E-state index contributed by atoms with van der Waals surface area (Å²) in [4.78, 5) is 15.4. The second-order valence-corrected chi connectivity index (χ2v) is 5.61. The predicted octanol–water partition coefficient (Wildman–Crippen LogP) is 2.41. The van der Waals surface area contributed by atoms with Gasteiger partial charge in [-0.15, -0.1) is 11.3 Å². The van der Waals surface area contributed by atoms with Crippen molar-refractivity contribution in [1.29, 1.82) is 0 Å². The standard InChI is InChI=1S/C12H15N3O3S/c1-7-4-8(18-15-7)5-13-11-14-9(6-19-11)12(2,3)10(16)17/h4,6H,5H2,1-3H3,(H,13,14)(H,16,17). The summed E-state index contributed by atoms with van der Waals surface area (Å²) in [5, 5.41) is 18.4. The SMILES string of the molecule is Cc1cc(CNc2nc(C(C)(C)C(=O)O)cs2)on1. The van der Waals surface area contributed by atoms with Crippen molar-refractivity contribution in [2.45, 2.75) is 32.7 Å². The number of carboxylic acid groups (broad SMARTS) is 1. The third-order valence-electron chi connectivity index (χ3n) is 2.77. The van der Waals surface area contributed by atoms with E-state index >= 15 is 0 Å². The number of hydrogen-bond acceptors (Lipinski definition) is 6. The van der Waals surface area contributed by atoms with Gasteiger partial charge in [0.05, 0.1) is 17.9 Å². The number of carboxylic acids is 1. The summed E-state index contributed by atoms with van der Waals surface area (Å²) in [7, 11) is 0. The number of carbonyl (C=O) groups is 1. The molecule has 102 valence electrons. The zero-order chi connectivity index (χ0) is 14.0. The normalized spacial score (nSPS) is 11.5. The summed E-state index contributed by atoms with van der Waals surface area (Å²) >= 11 is 1.37. The molecule has 0 aliphatic heterocycles. The summed E-state index contributed by atoms with van der Waals surface area (Å²) in [6.07, 6.45) is 0. The molecule has 0 saturated carbocycles. The van der Waals surface area contributed by atoms with Crippen molar-refractivity contribution in [1.82, 2.24) is 10.1 Å². The molecule has 0 radical (unpaired) electrons. The van der Waals surface area contributed by atoms with Crippen LogP contribution in [-0.4, -0.2) is 21.2 Å². The largest absolute Gasteiger partial charge is 0.481 e. The maximum Gasteiger partial charge on any atom is 0.315 e. The number of thiazole rings is 1. The van der Waals surface area contributed by atoms with Crippen LogP contribution in [0.1, 0.15) is 31.0 Å². The summed E-state index contributed by atoms with van der Waals surface area (Å²) in [5.41, 5.74) is 0.379. The minimum absolute atomic E-state index is 0.474. The molecule has 6 nitrogen and oxygen atoms in total. The van der Waals surface area contributed by atoms with Crippen LogP contribution in [0.2, 0.25) is 0 Å². The number of aliphatic carboxylic acids is 1. The molecule has 0 aromatic carbocycles. The summed E-state index contributed by atoms with van der Waals surface area (Å²) in [6.45, 7) is 5.59. The Hall–Kier alpha value is -1.89. The van der Waals surface area contributed by atoms with Crippen LogP contribution in [0.3, 0.4) is 0 Å². The third kappa shape index (κ3) is 2.93. The van der Waals surface area contributed by atoms with Gasteiger partial charge in [0.1, 0.15) is 5.41 Å². The van der Waals surface area contributed by atoms with Crippen LogP contribution in [-0.2, 0) is 16.8 Å². The molecule has 0 atom stereocenters. The highest BCUT2D eigenvalue weighted by molar-refractivity contribution is 7.13. The lowest BCUT2D eigenvalue weighted by Crippen LogP contribution is -2.28. The van der Waals surface area contributed by atoms with Crippen molar-refractivity contribution in [3.8, 4) is 0 Å². The quantitative estimate of drug-likeness (QED) is 0.875. The van der Waals surface area contributed by atoms with Gasteiger partial charge in [0.15, 0.2) is 10.9 Å². The van der Waals surface area contributed by atoms with Crippen LogP contribution < -0.4 is 5.32 Å². The number of hydrogen-bond donors (Lipinski definition) is 2. The molecule has 0 saturated heterocycles. The first-order valence-electron chi connectivity index (χ1n) is 5.75. The highest BCUT2D eigenvalue weighted by Crippen LogP contribution is 2.27. The number of aryl methyl sites for hydroxylation is 1. The lowest BCUT2D eigenvalue weighted by Gasteiger charge is -2.15. The molecule has 0 unspecified atom stereocenters. The minimum atomic E-state index is -0.987. The van der Waals surface area contributed by atoms with E-state index in [-0.39, 0.29) is 0 Å². The second-order valence-electron chi connectivity index (χ2n) is 4.76. The number of nitrogens with zero attached hydrogens (tertiary/aromatic N) is 2. The fourth-order valence-electron chi connectivity index (χ4n) is 1.41. The Bertz CT molecular complexity index is 589. The van der Waals surface area contributed by atoms with E-state index in [2.05, 4.69) is 15.5 Å². The molecule has 7 heteroatoms. The molecule has 0 aliphatic rings. The number of aromatic nitrogens is 2. The Morgan fingerprint density at radius 2 is 2.32 bits per heavy atom. The molecule has 2 N–H and O–H groups in total. The molecule has 2 aromatic rings. The molecule has 0 spiro atoms. The van der Waals surface area contributed by atoms with Crippen molar-refractivity contribution >= 4 is 22.4 Å². The number of rotatable bonds is 5. The van der Waals surface area contributed by atoms with E-state index < -0.39 is 11.4 Å². The van der Waals surface area contributed by atoms with Gasteiger partial charge in [-0.05, 0) is 20.8 Å². The Kier molecular flexibility index (Phi) is 3.57. The maximum atomic E-state index is 11.1. The topological polar surface area (TPSA) is 88.2 Å². The molecule has 0 amide bonds. The average Bonchev–Trinajstić information content (AvgIpc) is 2.95. The van der Waals surface area contributed by atoms with E-state index in [0.717, 1.165) is 5.69 Å². The lowest BCUT2D eigenvalue weighted by molar-refractivity contribution is -0.142. The van der Waals surface area contributed by atoms with Crippen molar-refractivity contribution < 1.29 is 14.4 Å². The van der Waals surface area contributed by atoms with Gasteiger partial charge >= 0.3 is 5.97 Å². The Balaban J connectivity index is 2.03. The smallest absolute Gasteiger partial charge is 0.315 e. The lowest BCUT2D eigenvalue weighted by atomic mass is 9.90. The van der Waals surface area contributed by atoms with Crippen LogP contribution in [0.25, 0.3) is 0 Å². The van der Waals surface area contributed by atoms with E-state index in [0.29, 0.717) is 23.1 Å². The third-order valence-corrected chi connectivity index (χ3v) is 3.57. The fourth-order valence-corrected chi connectivity index (χ4v) is 2.29. The van der Waals surface area contributed by atoms with Crippen molar-refractivity contribution in [3.63, 3.8) is 0 Å². The maximum absolute atomic E-state index is 11.1. The van der Waals surface area contributed by atoms with Gasteiger partial charge in [0.2, 0.25) is 0 Å². The minimum Gasteiger partial charge on any atom is -0.481 e. The van der Waals surface area contributed by atoms with Crippen LogP contribution in [0.5, 0.6) is 0 Å². The van der Waals surface area contributed by atoms with Crippen molar-refractivity contribution in [2.24, 2.45) is 0 Å². The first-order chi connectivity index (χ1) is 8.89. The van der Waals surface area contributed by atoms with Gasteiger partial charge in [-0.3, -0.25) is 4.79 Å². The molecular weight excluding hydrogens is 266 g/mol. The molecule has 2 heterocycles. The molecule has 19 heavy (non-hydrogen) atoms. The van der Waals surface area contributed by atoms with Gasteiger partial charge in [-0.2, -0.15) is 0 Å². The highest BCUT2D eigenvalue weighted by Gasteiger charge is 2.32. The molecular formula is C12H15N3O3S. The number of anilines is 1. The van der Waals surface area contributed by atoms with Crippen molar-refractivity contribution in [2.75, 3.05) is 5.32 Å². The van der Waals surface area contributed by atoms with E-state index in [4.69, 9.17) is 9.63 Å². The molecule has 2 aromatic heterocycles. The highest BCUT2D eigenvalue weighted by atomic mass is 32.1. The first kappa shape index (κ1) is 13.5. The first-order valence-corrected chi connectivity index (χ1v) is 6.63. The van der Waals surface area contributed by atoms with Gasteiger partial charge in [0, 0.05) is 11.4 Å². The average molecular weight is 281 g/mol. The van der Waals surface area contributed by atoms with Crippen LogP contribution in [0.15, 0.2) is 16.0 Å². The van der Waals surface area contributed by atoms with E-state index in [1.165, 1.54) is 11.3 Å². The molecule has 0 fully saturated rings. The summed E-state index contributed by atoms with van der Waals surface area (Å²) < 4.78 is 5.07.